The quantitative estimate of drug-likeness (QED) is 0.460. The number of fused-ring (bicyclic) bond motifs is 1. The first kappa shape index (κ1) is 19.5. The monoisotopic (exact) mass is 406 g/mol. The van der Waals surface area contributed by atoms with Gasteiger partial charge in [-0.25, -0.2) is 9.59 Å². The number of carboxylic acid groups (broad SMARTS) is 1. The molecule has 2 heterocycles. The number of thioether (sulfide) groups is 1. The molecule has 0 aromatic heterocycles. The van der Waals surface area contributed by atoms with Gasteiger partial charge in [0.2, 0.25) is 5.91 Å². The molecule has 2 aliphatic heterocycles. The number of hydrogen-bond acceptors (Lipinski definition) is 7. The number of nitrogens with two attached hydrogens (primary N) is 1. The largest absolute Gasteiger partial charge is 0.477 e. The Bertz CT molecular complexity index is 843. The molecule has 1 saturated heterocycles. The minimum atomic E-state index is -1.31. The smallest absolute Gasteiger partial charge is 0.404 e. The number of para-hydroxylation sites is 1. The summed E-state index contributed by atoms with van der Waals surface area (Å²) in [6, 6.07) is 8.30. The summed E-state index contributed by atoms with van der Waals surface area (Å²) < 4.78 is 4.66. The minimum Gasteiger partial charge on any atom is -0.477 e. The molecule has 11 heteroatoms. The molecule has 0 aliphatic carbocycles. The van der Waals surface area contributed by atoms with Gasteiger partial charge in [0.05, 0.1) is 6.54 Å². The third-order valence-electron chi connectivity index (χ3n) is 4.18. The zero-order chi connectivity index (χ0) is 20.3. The topological polar surface area (TPSA) is 151 Å². The Morgan fingerprint density at radius 1 is 1.29 bits per heavy atom. The SMILES string of the molecule is NC(=O)OCC1=C(C(=O)O)N2C(=O)C(NC(=O)CNc3ccccc3)[C@H]2SC1. The third kappa shape index (κ3) is 4.03. The van der Waals surface area contributed by atoms with Gasteiger partial charge in [-0.3, -0.25) is 14.5 Å². The molecule has 0 radical (unpaired) electrons. The predicted molar refractivity (Wildman–Crippen MR) is 100 cm³/mol. The number of nitrogens with one attached hydrogen (secondary N) is 2. The number of benzene rings is 1. The fourth-order valence-electron chi connectivity index (χ4n) is 2.92. The van der Waals surface area contributed by atoms with E-state index in [0.717, 1.165) is 10.6 Å². The van der Waals surface area contributed by atoms with Crippen molar-refractivity contribution in [1.29, 1.82) is 0 Å². The average Bonchev–Trinajstić information content (AvgIpc) is 2.68. The number of hydrogen-bond donors (Lipinski definition) is 4. The van der Waals surface area contributed by atoms with Crippen LogP contribution in [-0.4, -0.2) is 64.2 Å². The highest BCUT2D eigenvalue weighted by Crippen LogP contribution is 2.40. The molecule has 0 spiro atoms. The number of nitrogens with zero attached hydrogens (tertiary/aromatic N) is 1. The van der Waals surface area contributed by atoms with Crippen molar-refractivity contribution in [2.75, 3.05) is 24.2 Å². The van der Waals surface area contributed by atoms with E-state index in [9.17, 15) is 24.3 Å². The highest BCUT2D eigenvalue weighted by Gasteiger charge is 2.54. The van der Waals surface area contributed by atoms with Crippen molar-refractivity contribution in [3.05, 3.63) is 41.6 Å². The van der Waals surface area contributed by atoms with E-state index in [4.69, 9.17) is 5.73 Å². The maximum Gasteiger partial charge on any atom is 0.404 e. The molecule has 1 aromatic rings. The molecule has 3 amide bonds. The standard InChI is InChI=1S/C17H18N4O6S/c18-17(26)27-7-9-8-28-15-12(14(23)21(15)13(9)16(24)25)20-11(22)6-19-10-4-2-1-3-5-10/h1-5,12,15,19H,6-8H2,(H2,18,26)(H,20,22)(H,24,25)/t12?,15-/m1/s1. The Balaban J connectivity index is 1.62. The molecule has 0 saturated carbocycles. The van der Waals surface area contributed by atoms with Crippen molar-refractivity contribution in [1.82, 2.24) is 10.2 Å². The van der Waals surface area contributed by atoms with E-state index < -0.39 is 29.4 Å². The maximum atomic E-state index is 12.5. The van der Waals surface area contributed by atoms with Gasteiger partial charge in [0.25, 0.3) is 5.91 Å². The Morgan fingerprint density at radius 2 is 2.00 bits per heavy atom. The first-order valence-electron chi connectivity index (χ1n) is 8.29. The lowest BCUT2D eigenvalue weighted by Gasteiger charge is -2.49. The molecule has 2 aliphatic rings. The summed E-state index contributed by atoms with van der Waals surface area (Å²) in [7, 11) is 0. The van der Waals surface area contributed by atoms with Crippen molar-refractivity contribution in [3.63, 3.8) is 0 Å². The average molecular weight is 406 g/mol. The predicted octanol–water partition coefficient (Wildman–Crippen LogP) is -0.0676. The lowest BCUT2D eigenvalue weighted by atomic mass is 10.0. The fourth-order valence-corrected chi connectivity index (χ4v) is 4.24. The lowest BCUT2D eigenvalue weighted by molar-refractivity contribution is -0.150. The second-order valence-electron chi connectivity index (χ2n) is 6.04. The number of carbonyl (C=O) groups excluding carboxylic acids is 3. The van der Waals surface area contributed by atoms with E-state index in [2.05, 4.69) is 15.4 Å². The number of amides is 3. The van der Waals surface area contributed by atoms with Gasteiger partial charge in [0.1, 0.15) is 23.7 Å². The molecule has 10 nitrogen and oxygen atoms in total. The van der Waals surface area contributed by atoms with Crippen LogP contribution in [-0.2, 0) is 19.1 Å². The lowest BCUT2D eigenvalue weighted by Crippen LogP contribution is -2.71. The Morgan fingerprint density at radius 3 is 2.64 bits per heavy atom. The summed E-state index contributed by atoms with van der Waals surface area (Å²) in [6.07, 6.45) is -1.03. The van der Waals surface area contributed by atoms with Crippen LogP contribution in [0.25, 0.3) is 0 Å². The van der Waals surface area contributed by atoms with Crippen LogP contribution in [0.4, 0.5) is 10.5 Å². The van der Waals surface area contributed by atoms with Crippen LogP contribution < -0.4 is 16.4 Å². The molecule has 28 heavy (non-hydrogen) atoms. The molecule has 148 valence electrons. The summed E-state index contributed by atoms with van der Waals surface area (Å²) in [5.74, 6) is -1.99. The van der Waals surface area contributed by atoms with Gasteiger partial charge in [0.15, 0.2) is 0 Å². The summed E-state index contributed by atoms with van der Waals surface area (Å²) in [5.41, 5.74) is 5.72. The Labute approximate surface area is 164 Å². The van der Waals surface area contributed by atoms with Crippen LogP contribution in [0.3, 0.4) is 0 Å². The number of carboxylic acids is 1. The number of rotatable bonds is 7. The summed E-state index contributed by atoms with van der Waals surface area (Å²) in [6.45, 7) is -0.330. The number of carbonyl (C=O) groups is 4. The van der Waals surface area contributed by atoms with Crippen LogP contribution in [0.1, 0.15) is 0 Å². The van der Waals surface area contributed by atoms with Crippen LogP contribution in [0, 0.1) is 0 Å². The van der Waals surface area contributed by atoms with Gasteiger partial charge >= 0.3 is 12.1 Å². The van der Waals surface area contributed by atoms with E-state index in [0.29, 0.717) is 0 Å². The van der Waals surface area contributed by atoms with Crippen molar-refractivity contribution in [2.24, 2.45) is 5.73 Å². The molecule has 5 N–H and O–H groups in total. The molecule has 3 rings (SSSR count). The number of aliphatic carboxylic acids is 1. The van der Waals surface area contributed by atoms with Crippen molar-refractivity contribution in [2.45, 2.75) is 11.4 Å². The van der Waals surface area contributed by atoms with Crippen LogP contribution in [0.5, 0.6) is 0 Å². The highest BCUT2D eigenvalue weighted by atomic mass is 32.2. The van der Waals surface area contributed by atoms with Crippen molar-refractivity contribution in [3.8, 4) is 0 Å². The summed E-state index contributed by atoms with van der Waals surface area (Å²) in [5, 5.41) is 14.5. The molecule has 0 bridgehead atoms. The first-order valence-corrected chi connectivity index (χ1v) is 9.34. The molecule has 2 atom stereocenters. The second-order valence-corrected chi connectivity index (χ2v) is 7.14. The van der Waals surface area contributed by atoms with E-state index in [1.54, 1.807) is 12.1 Å². The van der Waals surface area contributed by atoms with Gasteiger partial charge < -0.3 is 26.2 Å². The number of β-lactam (4-membered cyclic amide) rings is 1. The van der Waals surface area contributed by atoms with E-state index in [1.807, 2.05) is 18.2 Å². The Hall–Kier alpha value is -3.21. The number of ether oxygens (including phenoxy) is 1. The van der Waals surface area contributed by atoms with Gasteiger partial charge in [-0.05, 0) is 12.1 Å². The molecule has 1 fully saturated rings. The normalized spacial score (nSPS) is 20.7. The maximum absolute atomic E-state index is 12.5. The van der Waals surface area contributed by atoms with Gasteiger partial charge in [0, 0.05) is 17.0 Å². The van der Waals surface area contributed by atoms with E-state index in [-0.39, 0.29) is 36.1 Å². The molecular weight excluding hydrogens is 388 g/mol. The molecule has 1 unspecified atom stereocenters. The molecule has 1 aromatic carbocycles. The molecular formula is C17H18N4O6S. The van der Waals surface area contributed by atoms with Gasteiger partial charge in [-0.2, -0.15) is 0 Å². The minimum absolute atomic E-state index is 0.0233. The van der Waals surface area contributed by atoms with Crippen LogP contribution in [0.2, 0.25) is 0 Å². The summed E-state index contributed by atoms with van der Waals surface area (Å²) >= 11 is 1.28. The van der Waals surface area contributed by atoms with Crippen molar-refractivity contribution >= 4 is 41.3 Å². The number of primary amides is 1. The zero-order valence-corrected chi connectivity index (χ0v) is 15.4. The van der Waals surface area contributed by atoms with Gasteiger partial charge in [-0.1, -0.05) is 18.2 Å². The fraction of sp³-hybridized carbons (Fsp3) is 0.294. The van der Waals surface area contributed by atoms with E-state index in [1.165, 1.54) is 11.8 Å². The Kier molecular flexibility index (Phi) is 5.73. The first-order chi connectivity index (χ1) is 13.4. The number of anilines is 1. The summed E-state index contributed by atoms with van der Waals surface area (Å²) in [4.78, 5) is 48.1. The second kappa shape index (κ2) is 8.21. The third-order valence-corrected chi connectivity index (χ3v) is 5.52. The van der Waals surface area contributed by atoms with Gasteiger partial charge in [-0.15, -0.1) is 11.8 Å². The van der Waals surface area contributed by atoms with E-state index >= 15 is 0 Å². The zero-order valence-electron chi connectivity index (χ0n) is 14.6. The van der Waals surface area contributed by atoms with Crippen molar-refractivity contribution < 1.29 is 29.0 Å². The van der Waals surface area contributed by atoms with Crippen LogP contribution in [0.15, 0.2) is 41.6 Å². The highest BCUT2D eigenvalue weighted by molar-refractivity contribution is 8.00. The van der Waals surface area contributed by atoms with Crippen LogP contribution >= 0.6 is 11.8 Å².